The quantitative estimate of drug-likeness (QED) is 0.841. The van der Waals surface area contributed by atoms with Gasteiger partial charge in [-0.3, -0.25) is 4.79 Å². The number of benzene rings is 1. The number of hydrogen-bond donors (Lipinski definition) is 2. The summed E-state index contributed by atoms with van der Waals surface area (Å²) in [4.78, 5) is 23.6. The van der Waals surface area contributed by atoms with E-state index in [0.717, 1.165) is 0 Å². The van der Waals surface area contributed by atoms with Crippen LogP contribution in [0.25, 0.3) is 0 Å². The lowest BCUT2D eigenvalue weighted by atomic mass is 10.1. The van der Waals surface area contributed by atoms with Gasteiger partial charge in [0.15, 0.2) is 6.10 Å². The summed E-state index contributed by atoms with van der Waals surface area (Å²) < 4.78 is 5.01. The molecule has 0 bridgehead atoms. The van der Waals surface area contributed by atoms with Crippen LogP contribution in [-0.2, 0) is 9.53 Å². The predicted octanol–water partition coefficient (Wildman–Crippen LogP) is 2.51. The van der Waals surface area contributed by atoms with E-state index >= 15 is 0 Å². The average Bonchev–Trinajstić information content (AvgIpc) is 2.26. The second-order valence-electron chi connectivity index (χ2n) is 5.45. The van der Waals surface area contributed by atoms with Crippen molar-refractivity contribution in [2.24, 2.45) is 0 Å². The molecular weight excluding hydrogens is 282 g/mol. The van der Waals surface area contributed by atoms with Crippen molar-refractivity contribution in [3.63, 3.8) is 0 Å². The molecule has 1 aromatic carbocycles. The van der Waals surface area contributed by atoms with E-state index in [1.54, 1.807) is 0 Å². The molecule has 1 rings (SSSR count). The summed E-state index contributed by atoms with van der Waals surface area (Å²) in [5.41, 5.74) is -0.454. The maximum atomic E-state index is 11.9. The summed E-state index contributed by atoms with van der Waals surface area (Å²) in [6.07, 6.45) is -0.961. The lowest BCUT2D eigenvalue weighted by Gasteiger charge is -2.23. The van der Waals surface area contributed by atoms with E-state index in [2.05, 4.69) is 5.32 Å². The highest BCUT2D eigenvalue weighted by Gasteiger charge is 2.24. The van der Waals surface area contributed by atoms with Crippen molar-refractivity contribution < 1.29 is 19.4 Å². The van der Waals surface area contributed by atoms with Crippen LogP contribution >= 0.6 is 11.6 Å². The van der Waals surface area contributed by atoms with Crippen LogP contribution in [-0.4, -0.2) is 28.6 Å². The van der Waals surface area contributed by atoms with Crippen molar-refractivity contribution in [3.05, 3.63) is 28.8 Å². The van der Waals surface area contributed by atoms with Crippen molar-refractivity contribution in [3.8, 4) is 5.75 Å². The van der Waals surface area contributed by atoms with Gasteiger partial charge in [0.25, 0.3) is 5.91 Å². The van der Waals surface area contributed by atoms with Crippen LogP contribution < -0.4 is 5.32 Å². The van der Waals surface area contributed by atoms with Gasteiger partial charge in [0.2, 0.25) is 0 Å². The molecule has 0 saturated heterocycles. The zero-order valence-corrected chi connectivity index (χ0v) is 12.6. The topological polar surface area (TPSA) is 75.6 Å². The lowest BCUT2D eigenvalue weighted by molar-refractivity contribution is -0.130. The van der Waals surface area contributed by atoms with Gasteiger partial charge in [-0.2, -0.15) is 0 Å². The Morgan fingerprint density at radius 2 is 1.95 bits per heavy atom. The van der Waals surface area contributed by atoms with Crippen LogP contribution in [0, 0.1) is 0 Å². The number of phenolic OH excluding ortho intramolecular Hbond substituents is 1. The fourth-order valence-corrected chi connectivity index (χ4v) is 1.59. The normalized spacial score (nSPS) is 12.7. The molecule has 110 valence electrons. The van der Waals surface area contributed by atoms with Crippen molar-refractivity contribution in [2.75, 3.05) is 0 Å². The van der Waals surface area contributed by atoms with Gasteiger partial charge < -0.3 is 15.2 Å². The number of rotatable bonds is 3. The molecule has 0 aliphatic rings. The van der Waals surface area contributed by atoms with Crippen LogP contribution in [0.4, 0.5) is 0 Å². The van der Waals surface area contributed by atoms with Crippen molar-refractivity contribution in [1.29, 1.82) is 0 Å². The molecular formula is C14H18ClNO4. The monoisotopic (exact) mass is 299 g/mol. The van der Waals surface area contributed by atoms with Crippen molar-refractivity contribution in [2.45, 2.75) is 39.3 Å². The molecule has 0 spiro atoms. The Bertz CT molecular complexity index is 522. The first-order chi connectivity index (χ1) is 9.10. The first-order valence-electron chi connectivity index (χ1n) is 6.11. The minimum absolute atomic E-state index is 0.0372. The average molecular weight is 300 g/mol. The summed E-state index contributed by atoms with van der Waals surface area (Å²) in [5, 5.41) is 12.6. The SMILES string of the molecule is C[C@@H](OC(=O)c1ccc(Cl)cc1O)C(=O)NC(C)(C)C. The third kappa shape index (κ3) is 4.74. The van der Waals surface area contributed by atoms with E-state index < -0.39 is 23.5 Å². The van der Waals surface area contributed by atoms with Crippen molar-refractivity contribution >= 4 is 23.5 Å². The number of halogens is 1. The largest absolute Gasteiger partial charge is 0.507 e. The number of hydrogen-bond acceptors (Lipinski definition) is 4. The van der Waals surface area contributed by atoms with Gasteiger partial charge in [-0.05, 0) is 45.9 Å². The Morgan fingerprint density at radius 1 is 1.35 bits per heavy atom. The van der Waals surface area contributed by atoms with Gasteiger partial charge in [-0.1, -0.05) is 11.6 Å². The highest BCUT2D eigenvalue weighted by Crippen LogP contribution is 2.23. The smallest absolute Gasteiger partial charge is 0.342 e. The number of carbonyl (C=O) groups excluding carboxylic acids is 2. The third-order valence-electron chi connectivity index (χ3n) is 2.33. The van der Waals surface area contributed by atoms with Crippen LogP contribution in [0.2, 0.25) is 5.02 Å². The molecule has 0 aliphatic heterocycles. The minimum atomic E-state index is -0.961. The molecule has 1 atom stereocenters. The van der Waals surface area contributed by atoms with E-state index in [-0.39, 0.29) is 11.3 Å². The van der Waals surface area contributed by atoms with Crippen LogP contribution in [0.15, 0.2) is 18.2 Å². The number of phenols is 1. The Balaban J connectivity index is 2.73. The van der Waals surface area contributed by atoms with E-state index in [9.17, 15) is 14.7 Å². The second kappa shape index (κ2) is 6.13. The maximum Gasteiger partial charge on any atom is 0.342 e. The molecule has 0 aromatic heterocycles. The summed E-state index contributed by atoms with van der Waals surface area (Å²) in [6.45, 7) is 6.94. The molecule has 0 fully saturated rings. The summed E-state index contributed by atoms with van der Waals surface area (Å²) >= 11 is 5.67. The fraction of sp³-hybridized carbons (Fsp3) is 0.429. The molecule has 0 radical (unpaired) electrons. The zero-order valence-electron chi connectivity index (χ0n) is 11.9. The van der Waals surface area contributed by atoms with Crippen molar-refractivity contribution in [1.82, 2.24) is 5.32 Å². The number of amides is 1. The Morgan fingerprint density at radius 3 is 2.45 bits per heavy atom. The van der Waals surface area contributed by atoms with Crippen LogP contribution in [0.1, 0.15) is 38.1 Å². The van der Waals surface area contributed by atoms with Gasteiger partial charge in [-0.15, -0.1) is 0 Å². The van der Waals surface area contributed by atoms with Gasteiger partial charge in [0.05, 0.1) is 0 Å². The Hall–Kier alpha value is -1.75. The highest BCUT2D eigenvalue weighted by molar-refractivity contribution is 6.30. The number of esters is 1. The number of aromatic hydroxyl groups is 1. The molecule has 2 N–H and O–H groups in total. The molecule has 1 aromatic rings. The second-order valence-corrected chi connectivity index (χ2v) is 5.88. The summed E-state index contributed by atoms with van der Waals surface area (Å²) in [6, 6.07) is 4.03. The molecule has 0 saturated carbocycles. The Labute approximate surface area is 122 Å². The fourth-order valence-electron chi connectivity index (χ4n) is 1.43. The van der Waals surface area contributed by atoms with E-state index in [4.69, 9.17) is 16.3 Å². The van der Waals surface area contributed by atoms with Crippen LogP contribution in [0.3, 0.4) is 0 Å². The molecule has 0 unspecified atom stereocenters. The zero-order chi connectivity index (χ0) is 15.5. The van der Waals surface area contributed by atoms with E-state index in [1.165, 1.54) is 25.1 Å². The predicted molar refractivity (Wildman–Crippen MR) is 75.9 cm³/mol. The Kier molecular flexibility index (Phi) is 5.00. The molecule has 5 nitrogen and oxygen atoms in total. The summed E-state index contributed by atoms with van der Waals surface area (Å²) in [5.74, 6) is -1.47. The molecule has 0 heterocycles. The van der Waals surface area contributed by atoms with Gasteiger partial charge in [0, 0.05) is 10.6 Å². The van der Waals surface area contributed by atoms with E-state index in [1.807, 2.05) is 20.8 Å². The van der Waals surface area contributed by atoms with E-state index in [0.29, 0.717) is 5.02 Å². The lowest BCUT2D eigenvalue weighted by Crippen LogP contribution is -2.46. The standard InChI is InChI=1S/C14H18ClNO4/c1-8(12(18)16-14(2,3)4)20-13(19)10-6-5-9(15)7-11(10)17/h5-8,17H,1-4H3,(H,16,18)/t8-/m1/s1. The maximum absolute atomic E-state index is 11.9. The van der Waals surface area contributed by atoms with Gasteiger partial charge >= 0.3 is 5.97 Å². The molecule has 6 heteroatoms. The van der Waals surface area contributed by atoms with Gasteiger partial charge in [-0.25, -0.2) is 4.79 Å². The summed E-state index contributed by atoms with van der Waals surface area (Å²) in [7, 11) is 0. The first kappa shape index (κ1) is 16.3. The third-order valence-corrected chi connectivity index (χ3v) is 2.57. The van der Waals surface area contributed by atoms with Crippen LogP contribution in [0.5, 0.6) is 5.75 Å². The highest BCUT2D eigenvalue weighted by atomic mass is 35.5. The number of nitrogens with one attached hydrogen (secondary N) is 1. The number of ether oxygens (including phenoxy) is 1. The molecule has 20 heavy (non-hydrogen) atoms. The van der Waals surface area contributed by atoms with Gasteiger partial charge in [0.1, 0.15) is 11.3 Å². The number of carbonyl (C=O) groups is 2. The molecule has 0 aliphatic carbocycles. The first-order valence-corrected chi connectivity index (χ1v) is 6.49. The molecule has 1 amide bonds. The minimum Gasteiger partial charge on any atom is -0.507 e.